The second-order valence-electron chi connectivity index (χ2n) is 3.96. The van der Waals surface area contributed by atoms with Gasteiger partial charge in [-0.25, -0.2) is 12.7 Å². The minimum atomic E-state index is -3.40. The van der Waals surface area contributed by atoms with Crippen molar-refractivity contribution in [1.82, 2.24) is 4.31 Å². The first-order valence-electron chi connectivity index (χ1n) is 5.23. The Bertz CT molecular complexity index is 568. The predicted octanol–water partition coefficient (Wildman–Crippen LogP) is 1.93. The summed E-state index contributed by atoms with van der Waals surface area (Å²) >= 11 is 3.33. The molecule has 1 aromatic carbocycles. The Morgan fingerprint density at radius 3 is 2.71 bits per heavy atom. The molecule has 0 bridgehead atoms. The Morgan fingerprint density at radius 1 is 1.41 bits per heavy atom. The number of carbonyl (C=O) groups is 1. The van der Waals surface area contributed by atoms with E-state index in [2.05, 4.69) is 15.9 Å². The highest BCUT2D eigenvalue weighted by Gasteiger charge is 2.33. The van der Waals surface area contributed by atoms with Gasteiger partial charge < -0.3 is 0 Å². The Balaban J connectivity index is 2.42. The van der Waals surface area contributed by atoms with Gasteiger partial charge in [0.15, 0.2) is 0 Å². The van der Waals surface area contributed by atoms with Crippen molar-refractivity contribution in [3.05, 3.63) is 33.8 Å². The molecular weight excluding hydrogens is 306 g/mol. The number of hydrogen-bond donors (Lipinski definition) is 0. The zero-order chi connectivity index (χ0) is 12.6. The number of halogens is 1. The molecule has 0 N–H and O–H groups in total. The standard InChI is InChI=1S/C11H12BrNO3S/c1-8-9(4-2-5-10(8)12)11(14)13-6-3-7-17(13,15)16/h2,4-5H,3,6-7H2,1H3. The van der Waals surface area contributed by atoms with Gasteiger partial charge in [0.2, 0.25) is 10.0 Å². The highest BCUT2D eigenvalue weighted by molar-refractivity contribution is 9.10. The van der Waals surface area contributed by atoms with E-state index in [0.717, 1.165) is 14.3 Å². The van der Waals surface area contributed by atoms with E-state index in [0.29, 0.717) is 12.0 Å². The van der Waals surface area contributed by atoms with E-state index < -0.39 is 15.9 Å². The molecule has 1 heterocycles. The molecule has 1 aliphatic heterocycles. The number of nitrogens with zero attached hydrogens (tertiary/aromatic N) is 1. The van der Waals surface area contributed by atoms with Gasteiger partial charge in [0.1, 0.15) is 0 Å². The molecule has 0 spiro atoms. The first kappa shape index (κ1) is 12.6. The van der Waals surface area contributed by atoms with Crippen LogP contribution in [0.15, 0.2) is 22.7 Å². The zero-order valence-corrected chi connectivity index (χ0v) is 11.7. The van der Waals surface area contributed by atoms with E-state index in [9.17, 15) is 13.2 Å². The predicted molar refractivity (Wildman–Crippen MR) is 68.3 cm³/mol. The summed E-state index contributed by atoms with van der Waals surface area (Å²) < 4.78 is 25.1. The molecule has 0 unspecified atom stereocenters. The van der Waals surface area contributed by atoms with Gasteiger partial charge >= 0.3 is 0 Å². The minimum absolute atomic E-state index is 0.0613. The van der Waals surface area contributed by atoms with Crippen molar-refractivity contribution >= 4 is 31.9 Å². The molecule has 6 heteroatoms. The number of hydrogen-bond acceptors (Lipinski definition) is 3. The molecule has 0 radical (unpaired) electrons. The molecule has 1 aliphatic rings. The van der Waals surface area contributed by atoms with Crippen molar-refractivity contribution in [2.24, 2.45) is 0 Å². The van der Waals surface area contributed by atoms with Crippen LogP contribution < -0.4 is 0 Å². The molecule has 0 aliphatic carbocycles. The third-order valence-electron chi connectivity index (χ3n) is 2.82. The van der Waals surface area contributed by atoms with E-state index in [-0.39, 0.29) is 12.3 Å². The molecule has 4 nitrogen and oxygen atoms in total. The number of rotatable bonds is 1. The summed E-state index contributed by atoms with van der Waals surface area (Å²) in [5, 5.41) is 0. The van der Waals surface area contributed by atoms with Crippen molar-refractivity contribution in [3.8, 4) is 0 Å². The normalized spacial score (nSPS) is 18.4. The van der Waals surface area contributed by atoms with Gasteiger partial charge in [-0.15, -0.1) is 0 Å². The van der Waals surface area contributed by atoms with Crippen LogP contribution in [0.1, 0.15) is 22.3 Å². The monoisotopic (exact) mass is 317 g/mol. The molecule has 1 fully saturated rings. The lowest BCUT2D eigenvalue weighted by Crippen LogP contribution is -2.33. The second kappa shape index (κ2) is 4.42. The molecule has 1 amide bonds. The summed E-state index contributed by atoms with van der Waals surface area (Å²) in [6.07, 6.45) is 0.515. The number of benzene rings is 1. The quantitative estimate of drug-likeness (QED) is 0.795. The fourth-order valence-corrected chi connectivity index (χ4v) is 3.68. The highest BCUT2D eigenvalue weighted by atomic mass is 79.9. The summed E-state index contributed by atoms with van der Waals surface area (Å²) in [5.41, 5.74) is 1.20. The van der Waals surface area contributed by atoms with E-state index in [1.165, 1.54) is 0 Å². The van der Waals surface area contributed by atoms with Crippen LogP contribution in [0, 0.1) is 6.92 Å². The Labute approximate surface area is 109 Å². The van der Waals surface area contributed by atoms with Gasteiger partial charge in [0.25, 0.3) is 5.91 Å². The van der Waals surface area contributed by atoms with Crippen LogP contribution in [0.3, 0.4) is 0 Å². The fraction of sp³-hybridized carbons (Fsp3) is 0.364. The molecule has 92 valence electrons. The van der Waals surface area contributed by atoms with E-state index in [4.69, 9.17) is 0 Å². The van der Waals surface area contributed by atoms with E-state index in [1.54, 1.807) is 19.1 Å². The second-order valence-corrected chi connectivity index (χ2v) is 6.83. The number of amides is 1. The molecule has 0 aromatic heterocycles. The molecule has 0 saturated carbocycles. The average Bonchev–Trinajstić information content (AvgIpc) is 2.61. The largest absolute Gasteiger partial charge is 0.268 e. The van der Waals surface area contributed by atoms with Crippen molar-refractivity contribution < 1.29 is 13.2 Å². The third kappa shape index (κ3) is 2.24. The number of carbonyl (C=O) groups excluding carboxylic acids is 1. The van der Waals surface area contributed by atoms with Crippen LogP contribution in [0.25, 0.3) is 0 Å². The fourth-order valence-electron chi connectivity index (χ4n) is 1.84. The lowest BCUT2D eigenvalue weighted by Gasteiger charge is -2.16. The van der Waals surface area contributed by atoms with Crippen molar-refractivity contribution in [2.45, 2.75) is 13.3 Å². The average molecular weight is 318 g/mol. The smallest absolute Gasteiger partial charge is 0.267 e. The van der Waals surface area contributed by atoms with Gasteiger partial charge in [0.05, 0.1) is 5.75 Å². The van der Waals surface area contributed by atoms with Crippen LogP contribution in [-0.4, -0.2) is 30.9 Å². The number of sulfonamides is 1. The molecule has 0 atom stereocenters. The summed E-state index contributed by atoms with van der Waals surface area (Å²) in [4.78, 5) is 12.2. The van der Waals surface area contributed by atoms with Gasteiger partial charge in [-0.2, -0.15) is 0 Å². The third-order valence-corrected chi connectivity index (χ3v) is 5.51. The lowest BCUT2D eigenvalue weighted by molar-refractivity contribution is 0.0869. The van der Waals surface area contributed by atoms with Crippen molar-refractivity contribution in [2.75, 3.05) is 12.3 Å². The van der Waals surface area contributed by atoms with Crippen LogP contribution in [0.5, 0.6) is 0 Å². The van der Waals surface area contributed by atoms with Gasteiger partial charge in [-0.3, -0.25) is 4.79 Å². The maximum atomic E-state index is 12.2. The summed E-state index contributed by atoms with van der Waals surface area (Å²) in [6.45, 7) is 2.08. The van der Waals surface area contributed by atoms with Crippen LogP contribution >= 0.6 is 15.9 Å². The Hall–Kier alpha value is -0.880. The maximum Gasteiger partial charge on any atom is 0.267 e. The first-order chi connectivity index (χ1) is 7.93. The molecule has 17 heavy (non-hydrogen) atoms. The van der Waals surface area contributed by atoms with Crippen LogP contribution in [-0.2, 0) is 10.0 Å². The van der Waals surface area contributed by atoms with Gasteiger partial charge in [-0.1, -0.05) is 22.0 Å². The topological polar surface area (TPSA) is 54.5 Å². The van der Waals surface area contributed by atoms with Gasteiger partial charge in [0, 0.05) is 16.6 Å². The first-order valence-corrected chi connectivity index (χ1v) is 7.63. The summed E-state index contributed by atoms with van der Waals surface area (Å²) in [6, 6.07) is 5.20. The van der Waals surface area contributed by atoms with Crippen molar-refractivity contribution in [1.29, 1.82) is 0 Å². The SMILES string of the molecule is Cc1c(Br)cccc1C(=O)N1CCCS1(=O)=O. The minimum Gasteiger partial charge on any atom is -0.268 e. The van der Waals surface area contributed by atoms with Crippen molar-refractivity contribution in [3.63, 3.8) is 0 Å². The summed E-state index contributed by atoms with van der Waals surface area (Å²) in [7, 11) is -3.40. The molecule has 2 rings (SSSR count). The molecular formula is C11H12BrNO3S. The zero-order valence-electron chi connectivity index (χ0n) is 9.31. The van der Waals surface area contributed by atoms with Gasteiger partial charge in [-0.05, 0) is 31.0 Å². The van der Waals surface area contributed by atoms with E-state index in [1.807, 2.05) is 6.07 Å². The van der Waals surface area contributed by atoms with Crippen LogP contribution in [0.2, 0.25) is 0 Å². The Morgan fingerprint density at radius 2 is 2.12 bits per heavy atom. The maximum absolute atomic E-state index is 12.2. The molecule has 1 aromatic rings. The summed E-state index contributed by atoms with van der Waals surface area (Å²) in [5.74, 6) is -0.368. The highest BCUT2D eigenvalue weighted by Crippen LogP contribution is 2.23. The molecule has 1 saturated heterocycles. The van der Waals surface area contributed by atoms with E-state index >= 15 is 0 Å². The lowest BCUT2D eigenvalue weighted by atomic mass is 10.1. The Kier molecular flexibility index (Phi) is 3.27. The van der Waals surface area contributed by atoms with Crippen LogP contribution in [0.4, 0.5) is 0 Å².